The van der Waals surface area contributed by atoms with Gasteiger partial charge in [0.1, 0.15) is 6.61 Å². The zero-order valence-electron chi connectivity index (χ0n) is 8.47. The Bertz CT molecular complexity index is 128. The van der Waals surface area contributed by atoms with Gasteiger partial charge in [0.25, 0.3) is 0 Å². The van der Waals surface area contributed by atoms with Gasteiger partial charge in [-0.25, -0.2) is 0 Å². The largest absolute Gasteiger partial charge is 0.380 e. The van der Waals surface area contributed by atoms with Gasteiger partial charge in [-0.2, -0.15) is 0 Å². The van der Waals surface area contributed by atoms with Crippen LogP contribution in [0.1, 0.15) is 20.3 Å². The fourth-order valence-electron chi connectivity index (χ4n) is 0.755. The van der Waals surface area contributed by atoms with E-state index in [1.807, 2.05) is 13.8 Å². The van der Waals surface area contributed by atoms with E-state index < -0.39 is 0 Å². The van der Waals surface area contributed by atoms with Crippen LogP contribution in [0.4, 0.5) is 0 Å². The van der Waals surface area contributed by atoms with Crippen molar-refractivity contribution in [3.63, 3.8) is 0 Å². The first-order valence-electron chi connectivity index (χ1n) is 4.73. The summed E-state index contributed by atoms with van der Waals surface area (Å²) in [4.78, 5) is 10.9. The first kappa shape index (κ1) is 12.4. The van der Waals surface area contributed by atoms with Gasteiger partial charge in [-0.1, -0.05) is 6.92 Å². The lowest BCUT2D eigenvalue weighted by atomic mass is 10.5. The maximum Gasteiger partial charge on any atom is 0.246 e. The van der Waals surface area contributed by atoms with Crippen LogP contribution in [0.2, 0.25) is 0 Å². The Morgan fingerprint density at radius 2 is 2.00 bits per heavy atom. The van der Waals surface area contributed by atoms with Gasteiger partial charge in [0.05, 0.1) is 6.61 Å². The van der Waals surface area contributed by atoms with Gasteiger partial charge in [0.2, 0.25) is 5.91 Å². The van der Waals surface area contributed by atoms with E-state index in [0.29, 0.717) is 19.8 Å². The highest BCUT2D eigenvalue weighted by molar-refractivity contribution is 5.77. The molecule has 0 saturated heterocycles. The number of nitrogens with one attached hydrogen (secondary N) is 1. The molecule has 4 nitrogen and oxygen atoms in total. The van der Waals surface area contributed by atoms with Gasteiger partial charge in [-0.05, 0) is 13.3 Å². The van der Waals surface area contributed by atoms with E-state index in [0.717, 1.165) is 13.0 Å². The second kappa shape index (κ2) is 9.48. The van der Waals surface area contributed by atoms with Crippen LogP contribution >= 0.6 is 0 Å². The van der Waals surface area contributed by atoms with Crippen molar-refractivity contribution in [2.24, 2.45) is 0 Å². The number of carbonyl (C=O) groups is 1. The highest BCUT2D eigenvalue weighted by Crippen LogP contribution is 1.79. The fraction of sp³-hybridized carbons (Fsp3) is 0.889. The summed E-state index contributed by atoms with van der Waals surface area (Å²) in [6.45, 7) is 6.51. The molecule has 0 aliphatic heterocycles. The van der Waals surface area contributed by atoms with Crippen molar-refractivity contribution in [2.45, 2.75) is 20.3 Å². The minimum Gasteiger partial charge on any atom is -0.380 e. The van der Waals surface area contributed by atoms with Crippen molar-refractivity contribution in [3.8, 4) is 0 Å². The maximum absolute atomic E-state index is 10.9. The van der Waals surface area contributed by atoms with E-state index in [1.54, 1.807) is 0 Å². The maximum atomic E-state index is 10.9. The lowest BCUT2D eigenvalue weighted by molar-refractivity contribution is -0.125. The summed E-state index contributed by atoms with van der Waals surface area (Å²) < 4.78 is 10.1. The Balaban J connectivity index is 3.08. The molecule has 0 fully saturated rings. The van der Waals surface area contributed by atoms with Crippen LogP contribution in [0.25, 0.3) is 0 Å². The Kier molecular flexibility index (Phi) is 9.03. The quantitative estimate of drug-likeness (QED) is 0.568. The Labute approximate surface area is 79.6 Å². The van der Waals surface area contributed by atoms with Crippen molar-refractivity contribution < 1.29 is 14.3 Å². The standard InChI is InChI=1S/C9H19NO3/c1-3-6-13-7-5-10-9(11)8-12-4-2/h3-8H2,1-2H3,(H,10,11). The molecule has 0 atom stereocenters. The van der Waals surface area contributed by atoms with E-state index in [1.165, 1.54) is 0 Å². The highest BCUT2D eigenvalue weighted by atomic mass is 16.5. The topological polar surface area (TPSA) is 47.6 Å². The third kappa shape index (κ3) is 9.30. The molecule has 0 bridgehead atoms. The summed E-state index contributed by atoms with van der Waals surface area (Å²) in [5.74, 6) is -0.0815. The third-order valence-corrected chi connectivity index (χ3v) is 1.35. The molecule has 0 aromatic rings. The van der Waals surface area contributed by atoms with Gasteiger partial charge in [-0.15, -0.1) is 0 Å². The molecule has 1 amide bonds. The number of hydrogen-bond acceptors (Lipinski definition) is 3. The molecular formula is C9H19NO3. The SMILES string of the molecule is CCCOCCNC(=O)COCC. The highest BCUT2D eigenvalue weighted by Gasteiger charge is 1.98. The normalized spacial score (nSPS) is 10.0. The van der Waals surface area contributed by atoms with Crippen LogP contribution in [-0.4, -0.2) is 38.9 Å². The van der Waals surface area contributed by atoms with Crippen LogP contribution in [-0.2, 0) is 14.3 Å². The lowest BCUT2D eigenvalue weighted by Crippen LogP contribution is -2.30. The van der Waals surface area contributed by atoms with Crippen molar-refractivity contribution in [3.05, 3.63) is 0 Å². The first-order chi connectivity index (χ1) is 6.31. The van der Waals surface area contributed by atoms with Crippen molar-refractivity contribution in [1.29, 1.82) is 0 Å². The summed E-state index contributed by atoms with van der Waals surface area (Å²) in [7, 11) is 0. The predicted molar refractivity (Wildman–Crippen MR) is 50.6 cm³/mol. The van der Waals surface area contributed by atoms with E-state index in [2.05, 4.69) is 5.32 Å². The average molecular weight is 189 g/mol. The molecule has 4 heteroatoms. The summed E-state index contributed by atoms with van der Waals surface area (Å²) in [5, 5.41) is 2.69. The summed E-state index contributed by atoms with van der Waals surface area (Å²) in [6.07, 6.45) is 1.01. The molecular weight excluding hydrogens is 170 g/mol. The van der Waals surface area contributed by atoms with E-state index in [-0.39, 0.29) is 12.5 Å². The number of rotatable bonds is 8. The Morgan fingerprint density at radius 1 is 1.23 bits per heavy atom. The first-order valence-corrected chi connectivity index (χ1v) is 4.73. The number of amides is 1. The molecule has 1 N–H and O–H groups in total. The van der Waals surface area contributed by atoms with Crippen molar-refractivity contribution in [1.82, 2.24) is 5.32 Å². The molecule has 0 spiro atoms. The molecule has 0 saturated carbocycles. The zero-order chi connectivity index (χ0) is 9.94. The number of carbonyl (C=O) groups excluding carboxylic acids is 1. The van der Waals surface area contributed by atoms with Gasteiger partial charge >= 0.3 is 0 Å². The molecule has 78 valence electrons. The van der Waals surface area contributed by atoms with Crippen molar-refractivity contribution >= 4 is 5.91 Å². The minimum atomic E-state index is -0.0815. The molecule has 13 heavy (non-hydrogen) atoms. The second-order valence-electron chi connectivity index (χ2n) is 2.60. The minimum absolute atomic E-state index is 0.0815. The number of hydrogen-bond donors (Lipinski definition) is 1. The molecule has 0 aliphatic rings. The lowest BCUT2D eigenvalue weighted by Gasteiger charge is -2.05. The van der Waals surface area contributed by atoms with Crippen LogP contribution in [0.15, 0.2) is 0 Å². The van der Waals surface area contributed by atoms with Crippen LogP contribution in [0, 0.1) is 0 Å². The monoisotopic (exact) mass is 189 g/mol. The fourth-order valence-corrected chi connectivity index (χ4v) is 0.755. The second-order valence-corrected chi connectivity index (χ2v) is 2.60. The van der Waals surface area contributed by atoms with Gasteiger partial charge in [0, 0.05) is 19.8 Å². The molecule has 0 heterocycles. The van der Waals surface area contributed by atoms with Crippen molar-refractivity contribution in [2.75, 3.05) is 33.0 Å². The van der Waals surface area contributed by atoms with E-state index >= 15 is 0 Å². The zero-order valence-corrected chi connectivity index (χ0v) is 8.47. The molecule has 0 aromatic carbocycles. The van der Waals surface area contributed by atoms with Crippen LogP contribution in [0.3, 0.4) is 0 Å². The van der Waals surface area contributed by atoms with Crippen LogP contribution in [0.5, 0.6) is 0 Å². The third-order valence-electron chi connectivity index (χ3n) is 1.35. The molecule has 0 aromatic heterocycles. The summed E-state index contributed by atoms with van der Waals surface area (Å²) in [6, 6.07) is 0. The van der Waals surface area contributed by atoms with E-state index in [9.17, 15) is 4.79 Å². The Morgan fingerprint density at radius 3 is 2.62 bits per heavy atom. The van der Waals surface area contributed by atoms with Crippen LogP contribution < -0.4 is 5.32 Å². The Hall–Kier alpha value is -0.610. The summed E-state index contributed by atoms with van der Waals surface area (Å²) >= 11 is 0. The van der Waals surface area contributed by atoms with E-state index in [4.69, 9.17) is 9.47 Å². The van der Waals surface area contributed by atoms with Gasteiger partial charge in [-0.3, -0.25) is 4.79 Å². The smallest absolute Gasteiger partial charge is 0.246 e. The molecule has 0 radical (unpaired) electrons. The van der Waals surface area contributed by atoms with Gasteiger partial charge in [0.15, 0.2) is 0 Å². The van der Waals surface area contributed by atoms with Gasteiger partial charge < -0.3 is 14.8 Å². The molecule has 0 rings (SSSR count). The summed E-state index contributed by atoms with van der Waals surface area (Å²) in [5.41, 5.74) is 0. The molecule has 0 aliphatic carbocycles. The molecule has 0 unspecified atom stereocenters. The average Bonchev–Trinajstić information content (AvgIpc) is 2.14. The predicted octanol–water partition coefficient (Wildman–Crippen LogP) is 0.566. The number of ether oxygens (including phenoxy) is 2.